The van der Waals surface area contributed by atoms with Crippen LogP contribution in [0.2, 0.25) is 0 Å². The lowest BCUT2D eigenvalue weighted by Gasteiger charge is -2.20. The number of amides is 3. The van der Waals surface area contributed by atoms with Crippen LogP contribution in [0.15, 0.2) is 42.5 Å². The van der Waals surface area contributed by atoms with Crippen LogP contribution in [0.1, 0.15) is 18.9 Å². The quantitative estimate of drug-likeness (QED) is 0.296. The van der Waals surface area contributed by atoms with Crippen LogP contribution in [0, 0.1) is 0 Å². The Balaban J connectivity index is 2.16. The van der Waals surface area contributed by atoms with Gasteiger partial charge in [0, 0.05) is 6.42 Å². The van der Waals surface area contributed by atoms with Crippen molar-refractivity contribution >= 4 is 29.0 Å². The van der Waals surface area contributed by atoms with Crippen molar-refractivity contribution < 1.29 is 14.4 Å². The maximum atomic E-state index is 12.4. The molecule has 2 aromatic rings. The number of nitrogens with one attached hydrogen (secondary N) is 3. The van der Waals surface area contributed by atoms with Crippen LogP contribution < -0.4 is 21.7 Å². The molecule has 2 aromatic carbocycles. The predicted octanol–water partition coefficient (Wildman–Crippen LogP) is 0.424. The first-order valence-corrected chi connectivity index (χ1v) is 8.53. The third-order valence-corrected chi connectivity index (χ3v) is 4.11. The number of carbonyl (C=O) groups excluding carboxylic acids is 3. The predicted molar refractivity (Wildman–Crippen MR) is 100 cm³/mol. The third kappa shape index (κ3) is 5.29. The number of hydrogen-bond donors (Lipinski definition) is 4. The maximum Gasteiger partial charge on any atom is 0.244 e. The van der Waals surface area contributed by atoms with E-state index in [0.717, 1.165) is 16.3 Å². The van der Waals surface area contributed by atoms with Gasteiger partial charge in [-0.1, -0.05) is 49.4 Å². The minimum Gasteiger partial charge on any atom is -0.343 e. The van der Waals surface area contributed by atoms with Gasteiger partial charge in [0.25, 0.3) is 0 Å². The van der Waals surface area contributed by atoms with Gasteiger partial charge in [-0.15, -0.1) is 0 Å². The highest BCUT2D eigenvalue weighted by molar-refractivity contribution is 5.90. The summed E-state index contributed by atoms with van der Waals surface area (Å²) < 4.78 is 0. The highest BCUT2D eigenvalue weighted by atomic mass is 16.2. The molecule has 138 valence electrons. The Morgan fingerprint density at radius 2 is 1.85 bits per heavy atom. The molecule has 7 heteroatoms. The standard InChI is InChI=1S/C19H24N4O3/c1-2-16(20)18(25)23-17(19(26)22-11-21-12-24)10-13-7-8-14-5-3-4-6-15(14)9-13/h3-9,12,16-17H,2,10-11,20H2,1H3,(H,21,24)(H,22,26)(H,23,25)/t16?,17-/m1/s1. The topological polar surface area (TPSA) is 113 Å². The minimum absolute atomic E-state index is 0.00768. The molecule has 0 bridgehead atoms. The van der Waals surface area contributed by atoms with Crippen molar-refractivity contribution in [2.24, 2.45) is 5.73 Å². The number of fused-ring (bicyclic) bond motifs is 1. The zero-order valence-electron chi connectivity index (χ0n) is 14.7. The second-order valence-corrected chi connectivity index (χ2v) is 6.00. The average molecular weight is 356 g/mol. The molecule has 7 nitrogen and oxygen atoms in total. The molecule has 3 amide bonds. The summed E-state index contributed by atoms with van der Waals surface area (Å²) in [6.07, 6.45) is 1.28. The molecule has 0 aliphatic carbocycles. The molecule has 2 atom stereocenters. The molecule has 0 aliphatic rings. The van der Waals surface area contributed by atoms with Crippen molar-refractivity contribution in [2.45, 2.75) is 31.8 Å². The number of rotatable bonds is 9. The first kappa shape index (κ1) is 19.4. The molecule has 2 rings (SSSR count). The fraction of sp³-hybridized carbons (Fsp3) is 0.316. The van der Waals surface area contributed by atoms with Gasteiger partial charge in [0.15, 0.2) is 0 Å². The molecular weight excluding hydrogens is 332 g/mol. The Hall–Kier alpha value is -2.93. The molecule has 0 fully saturated rings. The van der Waals surface area contributed by atoms with E-state index in [1.54, 1.807) is 6.92 Å². The van der Waals surface area contributed by atoms with Gasteiger partial charge in [0.2, 0.25) is 18.2 Å². The molecule has 1 unspecified atom stereocenters. The van der Waals surface area contributed by atoms with Crippen molar-refractivity contribution in [3.63, 3.8) is 0 Å². The Kier molecular flexibility index (Phi) is 7.11. The molecule has 0 heterocycles. The second kappa shape index (κ2) is 9.53. The van der Waals surface area contributed by atoms with Gasteiger partial charge in [0.1, 0.15) is 6.04 Å². The number of hydrogen-bond acceptors (Lipinski definition) is 4. The second-order valence-electron chi connectivity index (χ2n) is 6.00. The smallest absolute Gasteiger partial charge is 0.244 e. The third-order valence-electron chi connectivity index (χ3n) is 4.11. The van der Waals surface area contributed by atoms with E-state index in [2.05, 4.69) is 16.0 Å². The molecule has 26 heavy (non-hydrogen) atoms. The number of nitrogens with two attached hydrogens (primary N) is 1. The van der Waals surface area contributed by atoms with Crippen LogP contribution in [0.25, 0.3) is 10.8 Å². The Morgan fingerprint density at radius 1 is 1.12 bits per heavy atom. The molecule has 0 aliphatic heterocycles. The molecule has 0 spiro atoms. The highest BCUT2D eigenvalue weighted by Crippen LogP contribution is 2.16. The summed E-state index contributed by atoms with van der Waals surface area (Å²) >= 11 is 0. The van der Waals surface area contributed by atoms with Gasteiger partial charge >= 0.3 is 0 Å². The summed E-state index contributed by atoms with van der Waals surface area (Å²) in [5.41, 5.74) is 6.67. The van der Waals surface area contributed by atoms with E-state index < -0.39 is 12.1 Å². The minimum atomic E-state index is -0.783. The fourth-order valence-electron chi connectivity index (χ4n) is 2.58. The molecule has 0 aromatic heterocycles. The van der Waals surface area contributed by atoms with Crippen LogP contribution in [-0.4, -0.2) is 37.0 Å². The lowest BCUT2D eigenvalue weighted by Crippen LogP contribution is -2.53. The molecular formula is C19H24N4O3. The van der Waals surface area contributed by atoms with E-state index in [9.17, 15) is 14.4 Å². The van der Waals surface area contributed by atoms with Gasteiger partial charge in [-0.2, -0.15) is 0 Å². The zero-order valence-corrected chi connectivity index (χ0v) is 14.7. The van der Waals surface area contributed by atoms with E-state index in [1.807, 2.05) is 42.5 Å². The molecule has 0 radical (unpaired) electrons. The lowest BCUT2D eigenvalue weighted by molar-refractivity contribution is -0.129. The summed E-state index contributed by atoms with van der Waals surface area (Å²) in [5.74, 6) is -0.763. The number of carbonyl (C=O) groups is 3. The van der Waals surface area contributed by atoms with Crippen LogP contribution >= 0.6 is 0 Å². The van der Waals surface area contributed by atoms with Gasteiger partial charge in [0.05, 0.1) is 12.7 Å². The lowest BCUT2D eigenvalue weighted by atomic mass is 10.0. The van der Waals surface area contributed by atoms with E-state index in [1.165, 1.54) is 0 Å². The zero-order chi connectivity index (χ0) is 18.9. The molecule has 0 saturated heterocycles. The molecule has 5 N–H and O–H groups in total. The summed E-state index contributed by atoms with van der Waals surface area (Å²) in [6.45, 7) is 1.79. The highest BCUT2D eigenvalue weighted by Gasteiger charge is 2.23. The van der Waals surface area contributed by atoms with Crippen molar-refractivity contribution in [3.8, 4) is 0 Å². The largest absolute Gasteiger partial charge is 0.343 e. The Morgan fingerprint density at radius 3 is 2.54 bits per heavy atom. The van der Waals surface area contributed by atoms with Crippen LogP contribution in [0.4, 0.5) is 0 Å². The fourth-order valence-corrected chi connectivity index (χ4v) is 2.58. The average Bonchev–Trinajstić information content (AvgIpc) is 2.66. The van der Waals surface area contributed by atoms with Crippen molar-refractivity contribution in [3.05, 3.63) is 48.0 Å². The van der Waals surface area contributed by atoms with E-state index in [-0.39, 0.29) is 18.5 Å². The van der Waals surface area contributed by atoms with E-state index in [4.69, 9.17) is 5.73 Å². The molecule has 0 saturated carbocycles. The van der Waals surface area contributed by atoms with Crippen LogP contribution in [0.3, 0.4) is 0 Å². The van der Waals surface area contributed by atoms with E-state index >= 15 is 0 Å². The summed E-state index contributed by atoms with van der Waals surface area (Å²) in [5, 5.41) is 9.78. The van der Waals surface area contributed by atoms with Crippen molar-refractivity contribution in [1.82, 2.24) is 16.0 Å². The van der Waals surface area contributed by atoms with Gasteiger partial charge in [-0.05, 0) is 22.8 Å². The Bertz CT molecular complexity index is 778. The summed E-state index contributed by atoms with van der Waals surface area (Å²) in [6, 6.07) is 12.4. The number of benzene rings is 2. The SMILES string of the molecule is CCC(N)C(=O)N[C@H](Cc1ccc2ccccc2c1)C(=O)NCNC=O. The maximum absolute atomic E-state index is 12.4. The first-order valence-electron chi connectivity index (χ1n) is 8.53. The van der Waals surface area contributed by atoms with Gasteiger partial charge in [-0.3, -0.25) is 14.4 Å². The monoisotopic (exact) mass is 356 g/mol. The summed E-state index contributed by atoms with van der Waals surface area (Å²) in [4.78, 5) is 34.9. The normalized spacial score (nSPS) is 12.8. The van der Waals surface area contributed by atoms with Crippen LogP contribution in [0.5, 0.6) is 0 Å². The van der Waals surface area contributed by atoms with E-state index in [0.29, 0.717) is 19.3 Å². The van der Waals surface area contributed by atoms with Gasteiger partial charge in [-0.25, -0.2) is 0 Å². The van der Waals surface area contributed by atoms with Crippen LogP contribution in [-0.2, 0) is 20.8 Å². The van der Waals surface area contributed by atoms with Crippen molar-refractivity contribution in [1.29, 1.82) is 0 Å². The first-order chi connectivity index (χ1) is 12.5. The van der Waals surface area contributed by atoms with Gasteiger partial charge < -0.3 is 21.7 Å². The van der Waals surface area contributed by atoms with Crippen molar-refractivity contribution in [2.75, 3.05) is 6.67 Å². The summed E-state index contributed by atoms with van der Waals surface area (Å²) in [7, 11) is 0. The Labute approximate surface area is 152 Å².